The van der Waals surface area contributed by atoms with Crippen LogP contribution in [0.3, 0.4) is 0 Å². The van der Waals surface area contributed by atoms with Gasteiger partial charge in [-0.05, 0) is 29.9 Å². The molecule has 0 N–H and O–H groups in total. The lowest BCUT2D eigenvalue weighted by Crippen LogP contribution is -1.88. The molecule has 0 aliphatic carbocycles. The molecule has 0 saturated heterocycles. The van der Waals surface area contributed by atoms with Crippen LogP contribution in [0.5, 0.6) is 0 Å². The van der Waals surface area contributed by atoms with Crippen LogP contribution >= 0.6 is 23.5 Å². The van der Waals surface area contributed by atoms with Gasteiger partial charge in [-0.2, -0.15) is 0 Å². The number of thioether (sulfide) groups is 2. The fraction of sp³-hybridized carbons (Fsp3) is 0.400. The van der Waals surface area contributed by atoms with Gasteiger partial charge in [-0.15, -0.1) is 23.5 Å². The minimum absolute atomic E-state index is 0.751. The van der Waals surface area contributed by atoms with E-state index in [1.165, 1.54) is 21.1 Å². The highest BCUT2D eigenvalue weighted by atomic mass is 32.2. The van der Waals surface area contributed by atoms with Gasteiger partial charge in [0, 0.05) is 15.5 Å². The quantitative estimate of drug-likeness (QED) is 0.629. The molecule has 2 rings (SSSR count). The first-order chi connectivity index (χ1) is 5.81. The molecule has 0 saturated carbocycles. The van der Waals surface area contributed by atoms with Crippen molar-refractivity contribution in [2.75, 3.05) is 12.0 Å². The fourth-order valence-electron chi connectivity index (χ4n) is 1.48. The van der Waals surface area contributed by atoms with Gasteiger partial charge in [-0.25, -0.2) is 0 Å². The molecule has 0 radical (unpaired) electrons. The summed E-state index contributed by atoms with van der Waals surface area (Å²) in [5.41, 5.74) is 1.54. The van der Waals surface area contributed by atoms with Gasteiger partial charge in [-0.1, -0.05) is 13.0 Å². The van der Waals surface area contributed by atoms with E-state index in [-0.39, 0.29) is 0 Å². The molecule has 0 amide bonds. The Kier molecular flexibility index (Phi) is 2.37. The summed E-state index contributed by atoms with van der Waals surface area (Å²) in [6.07, 6.45) is 2.13. The van der Waals surface area contributed by atoms with E-state index in [0.717, 1.165) is 5.92 Å². The number of rotatable bonds is 1. The summed E-state index contributed by atoms with van der Waals surface area (Å²) >= 11 is 3.81. The summed E-state index contributed by atoms with van der Waals surface area (Å²) in [6.45, 7) is 2.30. The number of hydrogen-bond acceptors (Lipinski definition) is 2. The Hall–Kier alpha value is -0.0800. The van der Waals surface area contributed by atoms with Crippen molar-refractivity contribution in [2.45, 2.75) is 22.6 Å². The number of benzene rings is 1. The van der Waals surface area contributed by atoms with E-state index in [4.69, 9.17) is 0 Å². The van der Waals surface area contributed by atoms with Crippen molar-refractivity contribution >= 4 is 23.5 Å². The molecule has 1 aliphatic heterocycles. The Morgan fingerprint density at radius 1 is 1.50 bits per heavy atom. The van der Waals surface area contributed by atoms with Crippen LogP contribution in [0, 0.1) is 0 Å². The molecule has 0 aromatic heterocycles. The predicted molar refractivity (Wildman–Crippen MR) is 57.4 cm³/mol. The second-order valence-electron chi connectivity index (χ2n) is 3.12. The summed E-state index contributed by atoms with van der Waals surface area (Å²) in [6, 6.07) is 6.83. The predicted octanol–water partition coefficient (Wildman–Crippen LogP) is 3.62. The normalized spacial score (nSPS) is 21.0. The second-order valence-corrected chi connectivity index (χ2v) is 5.06. The molecule has 0 nitrogen and oxygen atoms in total. The Bertz CT molecular complexity index is 294. The van der Waals surface area contributed by atoms with E-state index >= 15 is 0 Å². The third-order valence-electron chi connectivity index (χ3n) is 2.24. The maximum atomic E-state index is 2.31. The fourth-order valence-corrected chi connectivity index (χ4v) is 3.25. The highest BCUT2D eigenvalue weighted by Gasteiger charge is 2.18. The van der Waals surface area contributed by atoms with E-state index < -0.39 is 0 Å². The molecule has 1 aromatic carbocycles. The molecule has 0 fully saturated rings. The van der Waals surface area contributed by atoms with Gasteiger partial charge in [-0.3, -0.25) is 0 Å². The molecule has 1 heterocycles. The second kappa shape index (κ2) is 3.35. The van der Waals surface area contributed by atoms with Crippen molar-refractivity contribution < 1.29 is 0 Å². The topological polar surface area (TPSA) is 0 Å². The van der Waals surface area contributed by atoms with Gasteiger partial charge >= 0.3 is 0 Å². The Labute approximate surface area is 82.1 Å². The maximum Gasteiger partial charge on any atom is 0.0118 e. The van der Waals surface area contributed by atoms with Gasteiger partial charge in [0.25, 0.3) is 0 Å². The van der Waals surface area contributed by atoms with Crippen LogP contribution in [-0.4, -0.2) is 12.0 Å². The molecule has 12 heavy (non-hydrogen) atoms. The molecule has 0 bridgehead atoms. The third-order valence-corrected chi connectivity index (χ3v) is 4.30. The Morgan fingerprint density at radius 2 is 2.33 bits per heavy atom. The van der Waals surface area contributed by atoms with Gasteiger partial charge in [0.2, 0.25) is 0 Å². The SMILES string of the molecule is CSc1ccc2c(c1)SCC2C. The van der Waals surface area contributed by atoms with E-state index in [0.29, 0.717) is 0 Å². The molecule has 1 atom stereocenters. The van der Waals surface area contributed by atoms with Crippen molar-refractivity contribution in [3.05, 3.63) is 23.8 Å². The standard InChI is InChI=1S/C10H12S2/c1-7-6-12-10-5-8(11-2)3-4-9(7)10/h3-5,7H,6H2,1-2H3. The third kappa shape index (κ3) is 1.38. The van der Waals surface area contributed by atoms with E-state index in [1.807, 2.05) is 23.5 Å². The van der Waals surface area contributed by atoms with Gasteiger partial charge in [0.1, 0.15) is 0 Å². The minimum atomic E-state index is 0.751. The van der Waals surface area contributed by atoms with Crippen molar-refractivity contribution in [1.82, 2.24) is 0 Å². The summed E-state index contributed by atoms with van der Waals surface area (Å²) in [5.74, 6) is 2.01. The van der Waals surface area contributed by atoms with E-state index in [1.54, 1.807) is 0 Å². The van der Waals surface area contributed by atoms with Crippen LogP contribution in [0.15, 0.2) is 28.0 Å². The van der Waals surface area contributed by atoms with E-state index in [2.05, 4.69) is 31.4 Å². The maximum absolute atomic E-state index is 2.31. The van der Waals surface area contributed by atoms with Crippen LogP contribution in [0.1, 0.15) is 18.4 Å². The smallest absolute Gasteiger partial charge is 0.0118 e. The van der Waals surface area contributed by atoms with E-state index in [9.17, 15) is 0 Å². The summed E-state index contributed by atoms with van der Waals surface area (Å²) in [4.78, 5) is 2.88. The zero-order valence-electron chi connectivity index (χ0n) is 7.33. The van der Waals surface area contributed by atoms with Crippen molar-refractivity contribution in [3.8, 4) is 0 Å². The van der Waals surface area contributed by atoms with Crippen LogP contribution < -0.4 is 0 Å². The minimum Gasteiger partial charge on any atom is -0.130 e. The first-order valence-corrected chi connectivity index (χ1v) is 6.33. The van der Waals surface area contributed by atoms with Crippen molar-refractivity contribution in [3.63, 3.8) is 0 Å². The Balaban J connectivity index is 2.41. The molecule has 0 spiro atoms. The lowest BCUT2D eigenvalue weighted by molar-refractivity contribution is 0.879. The van der Waals surface area contributed by atoms with Gasteiger partial charge in [0.05, 0.1) is 0 Å². The molecule has 1 aliphatic rings. The van der Waals surface area contributed by atoms with Crippen molar-refractivity contribution in [2.24, 2.45) is 0 Å². The molecule has 1 aromatic rings. The average Bonchev–Trinajstić information content (AvgIpc) is 2.47. The molecule has 1 unspecified atom stereocenters. The van der Waals surface area contributed by atoms with Crippen LogP contribution in [-0.2, 0) is 0 Å². The van der Waals surface area contributed by atoms with Gasteiger partial charge in [0.15, 0.2) is 0 Å². The first-order valence-electron chi connectivity index (χ1n) is 4.12. The van der Waals surface area contributed by atoms with Crippen LogP contribution in [0.25, 0.3) is 0 Å². The van der Waals surface area contributed by atoms with Crippen molar-refractivity contribution in [1.29, 1.82) is 0 Å². The van der Waals surface area contributed by atoms with Gasteiger partial charge < -0.3 is 0 Å². The average molecular weight is 196 g/mol. The molecular formula is C10H12S2. The number of fused-ring (bicyclic) bond motifs is 1. The molecule has 2 heteroatoms. The van der Waals surface area contributed by atoms with Crippen LogP contribution in [0.4, 0.5) is 0 Å². The number of hydrogen-bond donors (Lipinski definition) is 0. The monoisotopic (exact) mass is 196 g/mol. The first kappa shape index (κ1) is 8.52. The summed E-state index contributed by atoms with van der Waals surface area (Å²) < 4.78 is 0. The van der Waals surface area contributed by atoms with Crippen LogP contribution in [0.2, 0.25) is 0 Å². The Morgan fingerprint density at radius 3 is 3.08 bits per heavy atom. The highest BCUT2D eigenvalue weighted by Crippen LogP contribution is 2.40. The summed E-state index contributed by atoms with van der Waals surface area (Å²) in [5, 5.41) is 0. The summed E-state index contributed by atoms with van der Waals surface area (Å²) in [7, 11) is 0. The molecular weight excluding hydrogens is 184 g/mol. The lowest BCUT2D eigenvalue weighted by Gasteiger charge is -2.03. The lowest BCUT2D eigenvalue weighted by atomic mass is 10.0. The highest BCUT2D eigenvalue weighted by molar-refractivity contribution is 8.00. The largest absolute Gasteiger partial charge is 0.130 e. The zero-order valence-corrected chi connectivity index (χ0v) is 8.97. The molecule has 64 valence electrons. The zero-order chi connectivity index (χ0) is 8.55.